The number of sulfone groups is 1. The second-order valence-electron chi connectivity index (χ2n) is 4.17. The molecule has 0 aliphatic carbocycles. The highest BCUT2D eigenvalue weighted by Gasteiger charge is 2.13. The van der Waals surface area contributed by atoms with Crippen LogP contribution in [0.1, 0.15) is 5.56 Å². The van der Waals surface area contributed by atoms with Gasteiger partial charge in [0.05, 0.1) is 0 Å². The van der Waals surface area contributed by atoms with Crippen LogP contribution in [0.15, 0.2) is 18.2 Å². The van der Waals surface area contributed by atoms with Crippen molar-refractivity contribution in [1.29, 1.82) is 0 Å². The van der Waals surface area contributed by atoms with Gasteiger partial charge in [-0.25, -0.2) is 8.42 Å². The Kier molecular flexibility index (Phi) is 4.59. The molecule has 1 aromatic carbocycles. The number of carbonyl (C=O) groups excluding carboxylic acids is 1. The van der Waals surface area contributed by atoms with Gasteiger partial charge >= 0.3 is 0 Å². The highest BCUT2D eigenvalue weighted by molar-refractivity contribution is 7.91. The van der Waals surface area contributed by atoms with E-state index in [1.54, 1.807) is 6.07 Å². The second kappa shape index (κ2) is 5.58. The molecule has 5 nitrogen and oxygen atoms in total. The fourth-order valence-electron chi connectivity index (χ4n) is 1.82. The maximum atomic E-state index is 11.4. The monoisotopic (exact) mass is 290 g/mol. The van der Waals surface area contributed by atoms with E-state index in [4.69, 9.17) is 0 Å². The highest BCUT2D eigenvalue weighted by Crippen LogP contribution is 2.25. The summed E-state index contributed by atoms with van der Waals surface area (Å²) < 4.78 is 21.9. The first-order chi connectivity index (χ1) is 7.94. The Balaban J connectivity index is 0.00000162. The van der Waals surface area contributed by atoms with Crippen LogP contribution in [0.5, 0.6) is 0 Å². The van der Waals surface area contributed by atoms with Gasteiger partial charge < -0.3 is 10.6 Å². The van der Waals surface area contributed by atoms with Crippen molar-refractivity contribution in [2.24, 2.45) is 0 Å². The predicted octanol–water partition coefficient (Wildman–Crippen LogP) is 1.06. The predicted molar refractivity (Wildman–Crippen MR) is 74.2 cm³/mol. The molecule has 0 spiro atoms. The zero-order valence-corrected chi connectivity index (χ0v) is 11.5. The number of carbonyl (C=O) groups is 1. The van der Waals surface area contributed by atoms with Crippen LogP contribution in [0.25, 0.3) is 0 Å². The summed E-state index contributed by atoms with van der Waals surface area (Å²) in [6, 6.07) is 5.52. The van der Waals surface area contributed by atoms with E-state index < -0.39 is 21.5 Å². The average Bonchev–Trinajstić information content (AvgIpc) is 2.61. The molecule has 2 N–H and O–H groups in total. The first-order valence-corrected chi connectivity index (χ1v) is 7.34. The zero-order chi connectivity index (χ0) is 12.5. The minimum Gasteiger partial charge on any atom is -0.384 e. The van der Waals surface area contributed by atoms with Gasteiger partial charge in [0.25, 0.3) is 0 Å². The third kappa shape index (κ3) is 3.89. The topological polar surface area (TPSA) is 75.3 Å². The van der Waals surface area contributed by atoms with E-state index in [1.165, 1.54) is 0 Å². The van der Waals surface area contributed by atoms with Crippen LogP contribution in [-0.4, -0.2) is 32.9 Å². The van der Waals surface area contributed by atoms with Crippen LogP contribution in [0.2, 0.25) is 0 Å². The Morgan fingerprint density at radius 1 is 1.44 bits per heavy atom. The molecule has 0 bridgehead atoms. The molecular weight excluding hydrogens is 276 g/mol. The molecule has 0 aromatic heterocycles. The molecule has 1 aliphatic rings. The summed E-state index contributed by atoms with van der Waals surface area (Å²) in [5, 5.41) is 5.79. The van der Waals surface area contributed by atoms with Gasteiger partial charge in [-0.2, -0.15) is 0 Å². The molecule has 0 atom stereocenters. The minimum absolute atomic E-state index is 0. The lowest BCUT2D eigenvalue weighted by molar-refractivity contribution is -0.113. The Morgan fingerprint density at radius 2 is 2.17 bits per heavy atom. The lowest BCUT2D eigenvalue weighted by Crippen LogP contribution is -2.21. The van der Waals surface area contributed by atoms with E-state index in [1.807, 2.05) is 12.1 Å². The standard InChI is InChI=1S/C11H14N2O3S.ClH/c1-17(15,16)7-11(14)13-9-2-3-10-8(6-9)4-5-12-10;/h2-3,6,12H,4-5,7H2,1H3,(H,13,14);1H. The molecule has 7 heteroatoms. The van der Waals surface area contributed by atoms with Gasteiger partial charge in [-0.05, 0) is 30.2 Å². The number of anilines is 2. The molecule has 0 saturated carbocycles. The molecule has 0 radical (unpaired) electrons. The van der Waals surface area contributed by atoms with Crippen molar-refractivity contribution >= 4 is 39.5 Å². The van der Waals surface area contributed by atoms with E-state index in [-0.39, 0.29) is 12.4 Å². The number of amides is 1. The smallest absolute Gasteiger partial charge is 0.239 e. The van der Waals surface area contributed by atoms with Gasteiger partial charge in [0.2, 0.25) is 5.91 Å². The van der Waals surface area contributed by atoms with Gasteiger partial charge in [-0.3, -0.25) is 4.79 Å². The summed E-state index contributed by atoms with van der Waals surface area (Å²) in [4.78, 5) is 11.4. The van der Waals surface area contributed by atoms with Crippen molar-refractivity contribution in [2.75, 3.05) is 29.2 Å². The van der Waals surface area contributed by atoms with Crippen LogP contribution in [0, 0.1) is 0 Å². The zero-order valence-electron chi connectivity index (χ0n) is 9.89. The number of hydrogen-bond acceptors (Lipinski definition) is 4. The maximum Gasteiger partial charge on any atom is 0.239 e. The summed E-state index contributed by atoms with van der Waals surface area (Å²) in [6.07, 6.45) is 1.96. The molecule has 2 rings (SSSR count). The molecule has 1 aromatic rings. The largest absolute Gasteiger partial charge is 0.384 e. The Morgan fingerprint density at radius 3 is 2.83 bits per heavy atom. The number of halogens is 1. The normalized spacial score (nSPS) is 13.2. The molecule has 1 aliphatic heterocycles. The number of nitrogens with one attached hydrogen (secondary N) is 2. The van der Waals surface area contributed by atoms with Crippen LogP contribution in [0.4, 0.5) is 11.4 Å². The summed E-state index contributed by atoms with van der Waals surface area (Å²) in [7, 11) is -3.28. The molecule has 100 valence electrons. The Hall–Kier alpha value is -1.27. The van der Waals surface area contributed by atoms with E-state index in [2.05, 4.69) is 10.6 Å². The summed E-state index contributed by atoms with van der Waals surface area (Å²) in [5.74, 6) is -0.985. The van der Waals surface area contributed by atoms with Gasteiger partial charge in [-0.15, -0.1) is 12.4 Å². The summed E-state index contributed by atoms with van der Waals surface area (Å²) in [5.41, 5.74) is 2.86. The van der Waals surface area contributed by atoms with Crippen molar-refractivity contribution in [1.82, 2.24) is 0 Å². The SMILES string of the molecule is CS(=O)(=O)CC(=O)Nc1ccc2c(c1)CCN2.Cl. The van der Waals surface area contributed by atoms with E-state index in [9.17, 15) is 13.2 Å². The fourth-order valence-corrected chi connectivity index (χ4v) is 2.37. The molecule has 0 saturated heterocycles. The number of benzene rings is 1. The Labute approximate surface area is 112 Å². The van der Waals surface area contributed by atoms with Gasteiger partial charge in [0, 0.05) is 24.2 Å². The average molecular weight is 291 g/mol. The van der Waals surface area contributed by atoms with Crippen LogP contribution in [0.3, 0.4) is 0 Å². The minimum atomic E-state index is -3.28. The van der Waals surface area contributed by atoms with E-state index >= 15 is 0 Å². The van der Waals surface area contributed by atoms with Crippen molar-refractivity contribution in [2.45, 2.75) is 6.42 Å². The van der Waals surface area contributed by atoms with Gasteiger partial charge in [0.15, 0.2) is 9.84 Å². The first kappa shape index (κ1) is 14.8. The summed E-state index contributed by atoms with van der Waals surface area (Å²) in [6.45, 7) is 0.899. The van der Waals surface area contributed by atoms with Crippen LogP contribution < -0.4 is 10.6 Å². The first-order valence-electron chi connectivity index (χ1n) is 5.28. The molecule has 1 heterocycles. The maximum absolute atomic E-state index is 11.4. The van der Waals surface area contributed by atoms with Crippen molar-refractivity contribution in [3.05, 3.63) is 23.8 Å². The van der Waals surface area contributed by atoms with Crippen molar-refractivity contribution in [3.8, 4) is 0 Å². The van der Waals surface area contributed by atoms with E-state index in [0.717, 1.165) is 30.5 Å². The lowest BCUT2D eigenvalue weighted by atomic mass is 10.1. The Bertz CT molecular complexity index is 557. The lowest BCUT2D eigenvalue weighted by Gasteiger charge is -2.06. The molecule has 1 amide bonds. The van der Waals surface area contributed by atoms with Crippen LogP contribution >= 0.6 is 12.4 Å². The second-order valence-corrected chi connectivity index (χ2v) is 6.31. The van der Waals surface area contributed by atoms with Crippen LogP contribution in [-0.2, 0) is 21.1 Å². The third-order valence-electron chi connectivity index (χ3n) is 2.49. The van der Waals surface area contributed by atoms with Crippen molar-refractivity contribution in [3.63, 3.8) is 0 Å². The number of rotatable bonds is 3. The summed E-state index contributed by atoms with van der Waals surface area (Å²) >= 11 is 0. The quantitative estimate of drug-likeness (QED) is 0.873. The molecule has 0 fully saturated rings. The fraction of sp³-hybridized carbons (Fsp3) is 0.364. The number of hydrogen-bond donors (Lipinski definition) is 2. The highest BCUT2D eigenvalue weighted by atomic mass is 35.5. The van der Waals surface area contributed by atoms with Gasteiger partial charge in [0.1, 0.15) is 5.75 Å². The molecular formula is C11H15ClN2O3S. The molecule has 0 unspecified atom stereocenters. The molecule has 18 heavy (non-hydrogen) atoms. The number of fused-ring (bicyclic) bond motifs is 1. The van der Waals surface area contributed by atoms with Crippen molar-refractivity contribution < 1.29 is 13.2 Å². The van der Waals surface area contributed by atoms with Gasteiger partial charge in [-0.1, -0.05) is 0 Å². The third-order valence-corrected chi connectivity index (χ3v) is 3.28. The van der Waals surface area contributed by atoms with E-state index in [0.29, 0.717) is 5.69 Å².